The van der Waals surface area contributed by atoms with Gasteiger partial charge in [-0.1, -0.05) is 30.3 Å². The van der Waals surface area contributed by atoms with E-state index in [4.69, 9.17) is 0 Å². The van der Waals surface area contributed by atoms with Crippen LogP contribution in [0.2, 0.25) is 0 Å². The largest absolute Gasteiger partial charge is 0.374 e. The maximum atomic E-state index is 12.9. The van der Waals surface area contributed by atoms with Crippen molar-refractivity contribution in [2.75, 3.05) is 34.8 Å². The van der Waals surface area contributed by atoms with Crippen molar-refractivity contribution < 1.29 is 9.59 Å². The molecule has 2 aromatic rings. The van der Waals surface area contributed by atoms with Crippen molar-refractivity contribution in [3.63, 3.8) is 0 Å². The number of nitrogens with zero attached hydrogens (tertiary/aromatic N) is 2. The first kappa shape index (κ1) is 14.8. The number of amides is 2. The lowest BCUT2D eigenvalue weighted by Gasteiger charge is -2.34. The summed E-state index contributed by atoms with van der Waals surface area (Å²) in [6.45, 7) is 1.00. The quantitative estimate of drug-likeness (QED) is 0.924. The van der Waals surface area contributed by atoms with E-state index in [9.17, 15) is 9.59 Å². The van der Waals surface area contributed by atoms with Crippen molar-refractivity contribution in [2.24, 2.45) is 0 Å². The number of carbonyl (C=O) groups is 2. The molecule has 24 heavy (non-hydrogen) atoms. The maximum absolute atomic E-state index is 12.9. The van der Waals surface area contributed by atoms with Gasteiger partial charge in [-0.2, -0.15) is 0 Å². The highest BCUT2D eigenvalue weighted by Gasteiger charge is 2.29. The van der Waals surface area contributed by atoms with E-state index in [1.165, 1.54) is 5.56 Å². The van der Waals surface area contributed by atoms with Crippen molar-refractivity contribution in [1.29, 1.82) is 0 Å². The molecular formula is C19H19N3O2. The number of benzene rings is 2. The predicted molar refractivity (Wildman–Crippen MR) is 94.4 cm³/mol. The molecule has 5 nitrogen and oxygen atoms in total. The average molecular weight is 321 g/mol. The van der Waals surface area contributed by atoms with Gasteiger partial charge in [-0.3, -0.25) is 14.5 Å². The molecule has 1 N–H and O–H groups in total. The fourth-order valence-corrected chi connectivity index (χ4v) is 3.45. The van der Waals surface area contributed by atoms with E-state index < -0.39 is 0 Å². The Morgan fingerprint density at radius 3 is 2.67 bits per heavy atom. The van der Waals surface area contributed by atoms with Crippen molar-refractivity contribution in [2.45, 2.75) is 12.8 Å². The Balaban J connectivity index is 1.60. The summed E-state index contributed by atoms with van der Waals surface area (Å²) >= 11 is 0. The molecule has 0 saturated carbocycles. The fraction of sp³-hybridized carbons (Fsp3) is 0.263. The second-order valence-corrected chi connectivity index (χ2v) is 6.13. The summed E-state index contributed by atoms with van der Waals surface area (Å²) in [5, 5.41) is 3.09. The molecule has 0 radical (unpaired) electrons. The number of rotatable bonds is 2. The van der Waals surface area contributed by atoms with Gasteiger partial charge in [0.05, 0.1) is 17.9 Å². The summed E-state index contributed by atoms with van der Waals surface area (Å²) in [6, 6.07) is 15.6. The summed E-state index contributed by atoms with van der Waals surface area (Å²) in [5.74, 6) is -0.112. The molecule has 0 fully saturated rings. The molecule has 2 amide bonds. The molecule has 5 heteroatoms. The van der Waals surface area contributed by atoms with Crippen LogP contribution in [0.4, 0.5) is 17.1 Å². The second-order valence-electron chi connectivity index (χ2n) is 6.13. The van der Waals surface area contributed by atoms with Gasteiger partial charge in [-0.15, -0.1) is 0 Å². The minimum atomic E-state index is -0.0765. The van der Waals surface area contributed by atoms with Gasteiger partial charge in [0.25, 0.3) is 0 Å². The van der Waals surface area contributed by atoms with Crippen LogP contribution in [0, 0.1) is 0 Å². The van der Waals surface area contributed by atoms with Crippen molar-refractivity contribution in [3.05, 3.63) is 54.1 Å². The Kier molecular flexibility index (Phi) is 3.69. The zero-order valence-corrected chi connectivity index (χ0v) is 13.4. The van der Waals surface area contributed by atoms with Crippen molar-refractivity contribution in [3.8, 4) is 0 Å². The number of nitrogens with one attached hydrogen (secondary N) is 1. The lowest BCUT2D eigenvalue weighted by atomic mass is 10.0. The molecular weight excluding hydrogens is 302 g/mol. The monoisotopic (exact) mass is 321 g/mol. The summed E-state index contributed by atoms with van der Waals surface area (Å²) in [7, 11) is 0. The number of fused-ring (bicyclic) bond motifs is 2. The first-order valence-corrected chi connectivity index (χ1v) is 8.25. The number of carbonyl (C=O) groups excluding carboxylic acids is 2. The molecule has 2 aliphatic rings. The standard InChI is InChI=1S/C19H19N3O2/c23-18-12-20-15-8-2-4-10-17(15)22(18)13-19(24)21-11-5-7-14-6-1-3-9-16(14)21/h1-4,6,8-10,20H,5,7,11-13H2. The molecule has 0 aromatic heterocycles. The van der Waals surface area contributed by atoms with Crippen LogP contribution in [0.5, 0.6) is 0 Å². The summed E-state index contributed by atoms with van der Waals surface area (Å²) in [6.07, 6.45) is 1.95. The minimum Gasteiger partial charge on any atom is -0.374 e. The van der Waals surface area contributed by atoms with Crippen LogP contribution in [0.3, 0.4) is 0 Å². The van der Waals surface area contributed by atoms with Crippen LogP contribution in [0.1, 0.15) is 12.0 Å². The normalized spacial score (nSPS) is 16.2. The summed E-state index contributed by atoms with van der Waals surface area (Å²) in [4.78, 5) is 28.6. The molecule has 0 saturated heterocycles. The number of hydrogen-bond acceptors (Lipinski definition) is 3. The van der Waals surface area contributed by atoms with E-state index in [0.717, 1.165) is 29.9 Å². The van der Waals surface area contributed by atoms with Gasteiger partial charge >= 0.3 is 0 Å². The third-order valence-corrected chi connectivity index (χ3v) is 4.63. The molecule has 0 unspecified atom stereocenters. The van der Waals surface area contributed by atoms with Crippen LogP contribution in [0.25, 0.3) is 0 Å². The van der Waals surface area contributed by atoms with Gasteiger partial charge in [0.15, 0.2) is 0 Å². The van der Waals surface area contributed by atoms with Gasteiger partial charge in [-0.05, 0) is 36.6 Å². The Bertz CT molecular complexity index is 803. The zero-order chi connectivity index (χ0) is 16.5. The van der Waals surface area contributed by atoms with Crippen LogP contribution < -0.4 is 15.1 Å². The molecule has 2 aromatic carbocycles. The van der Waals surface area contributed by atoms with Crippen LogP contribution in [0.15, 0.2) is 48.5 Å². The number of hydrogen-bond donors (Lipinski definition) is 1. The smallest absolute Gasteiger partial charge is 0.247 e. The van der Waals surface area contributed by atoms with E-state index in [1.807, 2.05) is 47.4 Å². The van der Waals surface area contributed by atoms with E-state index in [0.29, 0.717) is 6.54 Å². The van der Waals surface area contributed by atoms with Crippen molar-refractivity contribution in [1.82, 2.24) is 0 Å². The topological polar surface area (TPSA) is 52.7 Å². The molecule has 0 aliphatic carbocycles. The van der Waals surface area contributed by atoms with Crippen LogP contribution >= 0.6 is 0 Å². The molecule has 0 bridgehead atoms. The van der Waals surface area contributed by atoms with Gasteiger partial charge in [0.1, 0.15) is 6.54 Å². The van der Waals surface area contributed by atoms with E-state index in [1.54, 1.807) is 4.90 Å². The van der Waals surface area contributed by atoms with Gasteiger partial charge in [0, 0.05) is 12.2 Å². The lowest BCUT2D eigenvalue weighted by molar-refractivity contribution is -0.121. The van der Waals surface area contributed by atoms with E-state index in [2.05, 4.69) is 11.4 Å². The highest BCUT2D eigenvalue weighted by molar-refractivity contribution is 6.08. The molecule has 4 rings (SSSR count). The highest BCUT2D eigenvalue weighted by Crippen LogP contribution is 2.30. The lowest BCUT2D eigenvalue weighted by Crippen LogP contribution is -2.48. The maximum Gasteiger partial charge on any atom is 0.247 e. The average Bonchev–Trinajstić information content (AvgIpc) is 2.63. The first-order chi connectivity index (χ1) is 11.7. The van der Waals surface area contributed by atoms with Gasteiger partial charge in [0.2, 0.25) is 11.8 Å². The Labute approximate surface area is 140 Å². The van der Waals surface area contributed by atoms with E-state index in [-0.39, 0.29) is 24.9 Å². The Morgan fingerprint density at radius 2 is 1.79 bits per heavy atom. The fourth-order valence-electron chi connectivity index (χ4n) is 3.45. The van der Waals surface area contributed by atoms with Crippen LogP contribution in [-0.2, 0) is 16.0 Å². The molecule has 0 atom stereocenters. The Hall–Kier alpha value is -2.82. The first-order valence-electron chi connectivity index (χ1n) is 8.25. The Morgan fingerprint density at radius 1 is 1.04 bits per heavy atom. The van der Waals surface area contributed by atoms with E-state index >= 15 is 0 Å². The van der Waals surface area contributed by atoms with Crippen LogP contribution in [-0.4, -0.2) is 31.4 Å². The molecule has 122 valence electrons. The minimum absolute atomic E-state index is 0.0350. The summed E-state index contributed by atoms with van der Waals surface area (Å²) in [5.41, 5.74) is 3.84. The van der Waals surface area contributed by atoms with Gasteiger partial charge < -0.3 is 10.2 Å². The summed E-state index contributed by atoms with van der Waals surface area (Å²) < 4.78 is 0. The molecule has 2 heterocycles. The second kappa shape index (κ2) is 6.00. The highest BCUT2D eigenvalue weighted by atomic mass is 16.2. The number of anilines is 3. The molecule has 0 spiro atoms. The van der Waals surface area contributed by atoms with Crippen molar-refractivity contribution >= 4 is 28.9 Å². The number of aryl methyl sites for hydroxylation is 1. The SMILES string of the molecule is O=C(CN1C(=O)CNc2ccccc21)N1CCCc2ccccc21. The predicted octanol–water partition coefficient (Wildman–Crippen LogP) is 2.42. The molecule has 2 aliphatic heterocycles. The third-order valence-electron chi connectivity index (χ3n) is 4.63. The third kappa shape index (κ3) is 2.52. The number of para-hydroxylation sites is 3. The zero-order valence-electron chi connectivity index (χ0n) is 13.4. The van der Waals surface area contributed by atoms with Gasteiger partial charge in [-0.25, -0.2) is 0 Å².